The van der Waals surface area contributed by atoms with Crippen LogP contribution in [-0.2, 0) is 4.74 Å². The summed E-state index contributed by atoms with van der Waals surface area (Å²) in [6, 6.07) is 4.05. The Morgan fingerprint density at radius 1 is 1.43 bits per heavy atom. The Balaban J connectivity index is 1.74. The molecule has 1 saturated carbocycles. The van der Waals surface area contributed by atoms with E-state index in [1.54, 1.807) is 0 Å². The molecule has 2 aliphatic rings. The molecule has 1 aliphatic carbocycles. The molecule has 2 fully saturated rings. The highest BCUT2D eigenvalue weighted by Gasteiger charge is 2.55. The molecule has 3 rings (SSSR count). The fourth-order valence-corrected chi connectivity index (χ4v) is 3.62. The number of amides is 1. The van der Waals surface area contributed by atoms with Crippen LogP contribution in [0.4, 0.5) is 4.39 Å². The second-order valence-corrected chi connectivity index (χ2v) is 6.34. The van der Waals surface area contributed by atoms with Gasteiger partial charge in [-0.05, 0) is 38.7 Å². The Bertz CT molecular complexity index is 546. The number of hydrogen-bond acceptors (Lipinski definition) is 3. The van der Waals surface area contributed by atoms with Crippen molar-refractivity contribution in [3.8, 4) is 0 Å². The summed E-state index contributed by atoms with van der Waals surface area (Å²) >= 11 is 5.80. The number of fused-ring (bicyclic) bond motifs is 1. The van der Waals surface area contributed by atoms with Gasteiger partial charge in [-0.25, -0.2) is 4.39 Å². The number of benzene rings is 1. The quantitative estimate of drug-likeness (QED) is 0.927. The number of nitrogens with zero attached hydrogens (tertiary/aromatic N) is 1. The van der Waals surface area contributed by atoms with Crippen molar-refractivity contribution in [2.75, 3.05) is 20.7 Å². The summed E-state index contributed by atoms with van der Waals surface area (Å²) in [5.41, 5.74) is 0.250. The van der Waals surface area contributed by atoms with Crippen molar-refractivity contribution in [2.24, 2.45) is 5.92 Å². The number of hydrogen-bond donors (Lipinski definition) is 1. The Morgan fingerprint density at radius 2 is 2.19 bits per heavy atom. The van der Waals surface area contributed by atoms with Gasteiger partial charge < -0.3 is 15.0 Å². The third-order valence-corrected chi connectivity index (χ3v) is 4.59. The largest absolute Gasteiger partial charge is 0.376 e. The summed E-state index contributed by atoms with van der Waals surface area (Å²) in [5.74, 6) is -0.462. The zero-order chi connectivity index (χ0) is 15.1. The summed E-state index contributed by atoms with van der Waals surface area (Å²) in [4.78, 5) is 14.4. The smallest absolute Gasteiger partial charge is 0.251 e. The molecule has 1 N–H and O–H groups in total. The minimum atomic E-state index is -0.507. The average Bonchev–Trinajstić information content (AvgIpc) is 2.77. The van der Waals surface area contributed by atoms with Gasteiger partial charge in [0.15, 0.2) is 0 Å². The van der Waals surface area contributed by atoms with Gasteiger partial charge in [-0.3, -0.25) is 4.79 Å². The number of carbonyl (C=O) groups is 1. The highest BCUT2D eigenvalue weighted by atomic mass is 35.5. The van der Waals surface area contributed by atoms with Crippen LogP contribution in [0.3, 0.4) is 0 Å². The first-order chi connectivity index (χ1) is 9.97. The summed E-state index contributed by atoms with van der Waals surface area (Å²) in [5, 5.41) is 3.23. The van der Waals surface area contributed by atoms with Gasteiger partial charge in [0.1, 0.15) is 5.82 Å². The summed E-state index contributed by atoms with van der Waals surface area (Å²) in [7, 11) is 3.95. The predicted octanol–water partition coefficient (Wildman–Crippen LogP) is 1.93. The van der Waals surface area contributed by atoms with Gasteiger partial charge in [-0.15, -0.1) is 0 Å². The average molecular weight is 313 g/mol. The molecule has 1 saturated heterocycles. The van der Waals surface area contributed by atoms with E-state index >= 15 is 0 Å². The highest BCUT2D eigenvalue weighted by Crippen LogP contribution is 2.41. The fourth-order valence-electron chi connectivity index (χ4n) is 3.40. The van der Waals surface area contributed by atoms with E-state index in [1.165, 1.54) is 18.2 Å². The van der Waals surface area contributed by atoms with Gasteiger partial charge in [-0.1, -0.05) is 11.6 Å². The number of likely N-dealkylation sites (N-methyl/N-ethyl adjacent to an activating group) is 1. The molecule has 114 valence electrons. The SMILES string of the molecule is CN(C)[C@@H]1[C@@H](NC(=O)c2cc(F)cc(Cl)c2)[C@H]2CCO[C@H]21. The van der Waals surface area contributed by atoms with Crippen LogP contribution in [0.5, 0.6) is 0 Å². The number of ether oxygens (including phenoxy) is 1. The summed E-state index contributed by atoms with van der Waals surface area (Å²) in [6.07, 6.45) is 1.13. The topological polar surface area (TPSA) is 41.6 Å². The molecule has 1 heterocycles. The predicted molar refractivity (Wildman–Crippen MR) is 78.0 cm³/mol. The van der Waals surface area contributed by atoms with E-state index in [2.05, 4.69) is 10.2 Å². The van der Waals surface area contributed by atoms with Crippen molar-refractivity contribution in [3.05, 3.63) is 34.6 Å². The van der Waals surface area contributed by atoms with Crippen molar-refractivity contribution in [2.45, 2.75) is 24.6 Å². The van der Waals surface area contributed by atoms with Gasteiger partial charge in [0.25, 0.3) is 5.91 Å². The maximum absolute atomic E-state index is 13.3. The molecule has 1 amide bonds. The maximum Gasteiger partial charge on any atom is 0.251 e. The van der Waals surface area contributed by atoms with Crippen LogP contribution >= 0.6 is 11.6 Å². The molecular formula is C15H18ClFN2O2. The van der Waals surface area contributed by atoms with Crippen molar-refractivity contribution >= 4 is 17.5 Å². The molecule has 0 spiro atoms. The molecule has 4 atom stereocenters. The summed E-state index contributed by atoms with van der Waals surface area (Å²) < 4.78 is 19.1. The lowest BCUT2D eigenvalue weighted by atomic mass is 9.71. The van der Waals surface area contributed by atoms with Crippen LogP contribution in [-0.4, -0.2) is 49.7 Å². The monoisotopic (exact) mass is 312 g/mol. The molecule has 0 unspecified atom stereocenters. The molecule has 0 radical (unpaired) electrons. The molecule has 0 bridgehead atoms. The van der Waals surface area contributed by atoms with E-state index in [-0.39, 0.29) is 34.7 Å². The number of nitrogens with one attached hydrogen (secondary N) is 1. The third-order valence-electron chi connectivity index (χ3n) is 4.37. The lowest BCUT2D eigenvalue weighted by Gasteiger charge is -2.50. The molecule has 4 nitrogen and oxygen atoms in total. The second-order valence-electron chi connectivity index (χ2n) is 5.90. The summed E-state index contributed by atoms with van der Waals surface area (Å²) in [6.45, 7) is 0.734. The lowest BCUT2D eigenvalue weighted by molar-refractivity contribution is -0.0664. The van der Waals surface area contributed by atoms with E-state index in [4.69, 9.17) is 16.3 Å². The normalized spacial score (nSPS) is 30.9. The van der Waals surface area contributed by atoms with Crippen molar-refractivity contribution < 1.29 is 13.9 Å². The first-order valence-electron chi connectivity index (χ1n) is 7.02. The van der Waals surface area contributed by atoms with Crippen LogP contribution in [0.25, 0.3) is 0 Å². The fraction of sp³-hybridized carbons (Fsp3) is 0.533. The Hall–Kier alpha value is -1.17. The van der Waals surface area contributed by atoms with E-state index in [0.29, 0.717) is 5.92 Å². The first-order valence-corrected chi connectivity index (χ1v) is 7.40. The molecule has 1 aromatic carbocycles. The van der Waals surface area contributed by atoms with Crippen LogP contribution in [0, 0.1) is 11.7 Å². The minimum absolute atomic E-state index is 0.0297. The van der Waals surface area contributed by atoms with Gasteiger partial charge in [-0.2, -0.15) is 0 Å². The Kier molecular flexibility index (Phi) is 3.90. The van der Waals surface area contributed by atoms with E-state index in [1.807, 2.05) is 14.1 Å². The van der Waals surface area contributed by atoms with Crippen molar-refractivity contribution in [1.82, 2.24) is 10.2 Å². The van der Waals surface area contributed by atoms with Crippen molar-refractivity contribution in [1.29, 1.82) is 0 Å². The van der Waals surface area contributed by atoms with E-state index in [9.17, 15) is 9.18 Å². The molecule has 21 heavy (non-hydrogen) atoms. The number of carbonyl (C=O) groups excluding carboxylic acids is 1. The van der Waals surface area contributed by atoms with Crippen LogP contribution in [0.2, 0.25) is 5.02 Å². The van der Waals surface area contributed by atoms with Gasteiger partial charge in [0.2, 0.25) is 0 Å². The van der Waals surface area contributed by atoms with Crippen LogP contribution < -0.4 is 5.32 Å². The second kappa shape index (κ2) is 5.55. The Labute approximate surface area is 128 Å². The Morgan fingerprint density at radius 3 is 2.86 bits per heavy atom. The lowest BCUT2D eigenvalue weighted by Crippen LogP contribution is -2.69. The van der Waals surface area contributed by atoms with Crippen LogP contribution in [0.1, 0.15) is 16.8 Å². The number of rotatable bonds is 3. The molecule has 6 heteroatoms. The van der Waals surface area contributed by atoms with Gasteiger partial charge >= 0.3 is 0 Å². The first kappa shape index (κ1) is 14.8. The number of halogens is 2. The molecule has 0 aromatic heterocycles. The van der Waals surface area contributed by atoms with E-state index in [0.717, 1.165) is 13.0 Å². The zero-order valence-electron chi connectivity index (χ0n) is 12.0. The standard InChI is InChI=1S/C15H18ClFN2O2/c1-19(2)13-12(11-3-4-21-14(11)13)18-15(20)8-5-9(16)7-10(17)6-8/h5-7,11-14H,3-4H2,1-2H3,(H,18,20)/t11-,12+,13-,14-/m1/s1. The third kappa shape index (κ3) is 2.65. The van der Waals surface area contributed by atoms with Gasteiger partial charge in [0.05, 0.1) is 18.2 Å². The van der Waals surface area contributed by atoms with Crippen molar-refractivity contribution in [3.63, 3.8) is 0 Å². The minimum Gasteiger partial charge on any atom is -0.376 e. The van der Waals surface area contributed by atoms with Gasteiger partial charge in [0, 0.05) is 23.1 Å². The molecule has 1 aliphatic heterocycles. The molecule has 1 aromatic rings. The maximum atomic E-state index is 13.3. The van der Waals surface area contributed by atoms with Crippen LogP contribution in [0.15, 0.2) is 18.2 Å². The van der Waals surface area contributed by atoms with E-state index < -0.39 is 5.82 Å². The molecular weight excluding hydrogens is 295 g/mol. The highest BCUT2D eigenvalue weighted by molar-refractivity contribution is 6.31. The zero-order valence-corrected chi connectivity index (χ0v) is 12.7.